The highest BCUT2D eigenvalue weighted by molar-refractivity contribution is 6.41. The molecule has 1 aliphatic rings. The van der Waals surface area contributed by atoms with Crippen LogP contribution in [0.5, 0.6) is 0 Å². The lowest BCUT2D eigenvalue weighted by Crippen LogP contribution is -2.24. The van der Waals surface area contributed by atoms with E-state index < -0.39 is 11.7 Å². The van der Waals surface area contributed by atoms with Crippen LogP contribution < -0.4 is 5.73 Å². The molecule has 0 saturated carbocycles. The summed E-state index contributed by atoms with van der Waals surface area (Å²) in [5, 5.41) is 17.2. The van der Waals surface area contributed by atoms with Gasteiger partial charge in [-0.2, -0.15) is 0 Å². The Hall–Kier alpha value is -1.81. The first-order valence-corrected chi connectivity index (χ1v) is 6.42. The number of benzene rings is 1. The van der Waals surface area contributed by atoms with E-state index in [1.165, 1.54) is 0 Å². The highest BCUT2D eigenvalue weighted by Gasteiger charge is 2.27. The second-order valence-corrected chi connectivity index (χ2v) is 5.05. The molecule has 0 fully saturated rings. The van der Waals surface area contributed by atoms with Crippen LogP contribution >= 0.6 is 11.6 Å². The Kier molecular flexibility index (Phi) is 3.90. The largest absolute Gasteiger partial charge is 0.477 e. The second kappa shape index (κ2) is 5.45. The fourth-order valence-electron chi connectivity index (χ4n) is 2.42. The van der Waals surface area contributed by atoms with E-state index in [0.29, 0.717) is 29.1 Å². The van der Waals surface area contributed by atoms with Crippen LogP contribution in [0.4, 0.5) is 0 Å². The van der Waals surface area contributed by atoms with Crippen molar-refractivity contribution < 1.29 is 9.90 Å². The zero-order valence-corrected chi connectivity index (χ0v) is 11.1. The first-order chi connectivity index (χ1) is 9.00. The summed E-state index contributed by atoms with van der Waals surface area (Å²) in [7, 11) is 0. The topological polar surface area (TPSA) is 87.2 Å². The van der Waals surface area contributed by atoms with Gasteiger partial charge in [0.25, 0.3) is 0 Å². The molecule has 0 saturated heterocycles. The van der Waals surface area contributed by atoms with E-state index >= 15 is 0 Å². The number of nitrogens with two attached hydrogens (primary N) is 1. The second-order valence-electron chi connectivity index (χ2n) is 4.65. The molecule has 1 aliphatic carbocycles. The Balaban J connectivity index is 2.29. The average molecular weight is 279 g/mol. The van der Waals surface area contributed by atoms with E-state index in [9.17, 15) is 4.79 Å². The molecule has 1 aromatic rings. The first kappa shape index (κ1) is 13.6. The van der Waals surface area contributed by atoms with Crippen molar-refractivity contribution in [3.63, 3.8) is 0 Å². The molecular formula is C14H15ClN2O2. The number of halogens is 1. The summed E-state index contributed by atoms with van der Waals surface area (Å²) in [5.41, 5.74) is 7.37. The molecule has 19 heavy (non-hydrogen) atoms. The van der Waals surface area contributed by atoms with Crippen molar-refractivity contribution in [3.8, 4) is 0 Å². The van der Waals surface area contributed by atoms with E-state index in [0.717, 1.165) is 12.0 Å². The van der Waals surface area contributed by atoms with Gasteiger partial charge in [0, 0.05) is 16.3 Å². The van der Waals surface area contributed by atoms with Gasteiger partial charge < -0.3 is 10.8 Å². The van der Waals surface area contributed by atoms with Crippen LogP contribution in [0.1, 0.15) is 30.7 Å². The van der Waals surface area contributed by atoms with Crippen molar-refractivity contribution in [2.75, 3.05) is 0 Å². The van der Waals surface area contributed by atoms with Gasteiger partial charge in [-0.25, -0.2) is 4.79 Å². The molecule has 0 aliphatic heterocycles. The van der Waals surface area contributed by atoms with Crippen LogP contribution in [0.3, 0.4) is 0 Å². The third-order valence-corrected chi connectivity index (χ3v) is 3.81. The number of carboxylic acids is 1. The predicted molar refractivity (Wildman–Crippen MR) is 74.6 cm³/mol. The molecular weight excluding hydrogens is 264 g/mol. The first-order valence-electron chi connectivity index (χ1n) is 6.05. The third kappa shape index (κ3) is 2.79. The Morgan fingerprint density at radius 1 is 1.42 bits per heavy atom. The maximum Gasteiger partial charge on any atom is 0.354 e. The molecule has 1 atom stereocenters. The minimum Gasteiger partial charge on any atom is -0.477 e. The molecule has 4 nitrogen and oxygen atoms in total. The molecule has 0 heterocycles. The minimum atomic E-state index is -1.24. The number of aliphatic carboxylic acids is 1. The molecule has 100 valence electrons. The van der Waals surface area contributed by atoms with Crippen LogP contribution in [0.25, 0.3) is 0 Å². The van der Waals surface area contributed by atoms with Gasteiger partial charge in [0.1, 0.15) is 5.71 Å². The number of rotatable bonds is 3. The number of hydrogen-bond donors (Lipinski definition) is 3. The van der Waals surface area contributed by atoms with Crippen molar-refractivity contribution in [2.24, 2.45) is 5.73 Å². The molecule has 0 amide bonds. The van der Waals surface area contributed by atoms with Gasteiger partial charge in [-0.15, -0.1) is 0 Å². The maximum atomic E-state index is 10.9. The standard InChI is InChI=1S/C14H15ClN2O2/c15-11-4-2-1-3-9(11)8-5-6-12(16)10(7-8)13(17)14(18)19/h1-4,8,17H,5-7,16H2,(H,18,19). The van der Waals surface area contributed by atoms with Crippen molar-refractivity contribution in [2.45, 2.75) is 25.2 Å². The Morgan fingerprint density at radius 3 is 2.74 bits per heavy atom. The quantitative estimate of drug-likeness (QED) is 0.743. The lowest BCUT2D eigenvalue weighted by molar-refractivity contribution is -0.129. The summed E-state index contributed by atoms with van der Waals surface area (Å²) < 4.78 is 0. The lowest BCUT2D eigenvalue weighted by Gasteiger charge is -2.26. The molecule has 1 aromatic carbocycles. The number of hydrogen-bond acceptors (Lipinski definition) is 3. The van der Waals surface area contributed by atoms with E-state index in [4.69, 9.17) is 27.9 Å². The number of allylic oxidation sites excluding steroid dienone is 1. The summed E-state index contributed by atoms with van der Waals surface area (Å²) in [6.45, 7) is 0. The molecule has 0 aromatic heterocycles. The highest BCUT2D eigenvalue weighted by Crippen LogP contribution is 2.38. The molecule has 2 rings (SSSR count). The lowest BCUT2D eigenvalue weighted by atomic mass is 9.81. The Bertz CT molecular complexity index is 566. The summed E-state index contributed by atoms with van der Waals surface area (Å²) >= 11 is 6.17. The SMILES string of the molecule is N=C(C(=O)O)C1=C(N)CCC(c2ccccc2Cl)C1. The van der Waals surface area contributed by atoms with Gasteiger partial charge in [0.15, 0.2) is 0 Å². The maximum absolute atomic E-state index is 10.9. The van der Waals surface area contributed by atoms with Gasteiger partial charge in [-0.1, -0.05) is 29.8 Å². The van der Waals surface area contributed by atoms with Gasteiger partial charge in [-0.3, -0.25) is 5.41 Å². The van der Waals surface area contributed by atoms with Gasteiger partial charge in [0.2, 0.25) is 0 Å². The summed E-state index contributed by atoms with van der Waals surface area (Å²) in [6.07, 6.45) is 1.88. The summed E-state index contributed by atoms with van der Waals surface area (Å²) in [5.74, 6) is -1.12. The van der Waals surface area contributed by atoms with E-state index in [1.54, 1.807) is 0 Å². The van der Waals surface area contributed by atoms with E-state index in [-0.39, 0.29) is 5.92 Å². The molecule has 0 bridgehead atoms. The fraction of sp³-hybridized carbons (Fsp3) is 0.286. The van der Waals surface area contributed by atoms with Crippen LogP contribution in [0.2, 0.25) is 5.02 Å². The number of nitrogens with one attached hydrogen (secondary N) is 1. The van der Waals surface area contributed by atoms with E-state index in [2.05, 4.69) is 0 Å². The Labute approximate surface area is 116 Å². The van der Waals surface area contributed by atoms with Crippen molar-refractivity contribution in [1.29, 1.82) is 5.41 Å². The van der Waals surface area contributed by atoms with Crippen LogP contribution in [0.15, 0.2) is 35.5 Å². The van der Waals surface area contributed by atoms with Crippen molar-refractivity contribution in [3.05, 3.63) is 46.1 Å². The van der Waals surface area contributed by atoms with Crippen LogP contribution in [0, 0.1) is 5.41 Å². The van der Waals surface area contributed by atoms with Gasteiger partial charge in [-0.05, 0) is 36.8 Å². The summed E-state index contributed by atoms with van der Waals surface area (Å²) in [4.78, 5) is 10.9. The minimum absolute atomic E-state index is 0.121. The van der Waals surface area contributed by atoms with Crippen molar-refractivity contribution >= 4 is 23.3 Å². The Morgan fingerprint density at radius 2 is 2.11 bits per heavy atom. The van der Waals surface area contributed by atoms with Crippen molar-refractivity contribution in [1.82, 2.24) is 0 Å². The highest BCUT2D eigenvalue weighted by atomic mass is 35.5. The monoisotopic (exact) mass is 278 g/mol. The van der Waals surface area contributed by atoms with Crippen LogP contribution in [-0.2, 0) is 4.79 Å². The number of carboxylic acid groups (broad SMARTS) is 1. The zero-order valence-electron chi connectivity index (χ0n) is 10.3. The molecule has 5 heteroatoms. The smallest absolute Gasteiger partial charge is 0.354 e. The van der Waals surface area contributed by atoms with E-state index in [1.807, 2.05) is 24.3 Å². The molecule has 1 unspecified atom stereocenters. The molecule has 4 N–H and O–H groups in total. The normalized spacial score (nSPS) is 19.3. The average Bonchev–Trinajstić information content (AvgIpc) is 2.39. The van der Waals surface area contributed by atoms with Gasteiger partial charge in [0.05, 0.1) is 0 Å². The fourth-order valence-corrected chi connectivity index (χ4v) is 2.71. The molecule has 0 spiro atoms. The molecule has 0 radical (unpaired) electrons. The van der Waals surface area contributed by atoms with Crippen LogP contribution in [-0.4, -0.2) is 16.8 Å². The van der Waals surface area contributed by atoms with Gasteiger partial charge >= 0.3 is 5.97 Å². The third-order valence-electron chi connectivity index (χ3n) is 3.46. The summed E-state index contributed by atoms with van der Waals surface area (Å²) in [6, 6.07) is 7.53. The zero-order chi connectivity index (χ0) is 14.0. The number of carbonyl (C=O) groups is 1. The predicted octanol–water partition coefficient (Wildman–Crippen LogP) is 2.92.